The summed E-state index contributed by atoms with van der Waals surface area (Å²) in [6.07, 6.45) is 2.13. The van der Waals surface area contributed by atoms with E-state index in [1.54, 1.807) is 0 Å². The molecule has 2 N–H and O–H groups in total. The topological polar surface area (TPSA) is 74.3 Å². The largest absolute Gasteiger partial charge is 0.352 e. The van der Waals surface area contributed by atoms with E-state index < -0.39 is 0 Å². The van der Waals surface area contributed by atoms with E-state index in [2.05, 4.69) is 27.6 Å². The first-order chi connectivity index (χ1) is 13.4. The molecular formula is C22H28N4O2. The van der Waals surface area contributed by atoms with Gasteiger partial charge in [-0.15, -0.1) is 0 Å². The van der Waals surface area contributed by atoms with Crippen molar-refractivity contribution in [3.8, 4) is 11.3 Å². The lowest BCUT2D eigenvalue weighted by atomic mass is 10.0. The van der Waals surface area contributed by atoms with Gasteiger partial charge in [-0.2, -0.15) is 0 Å². The minimum Gasteiger partial charge on any atom is -0.352 e. The number of nitrogens with one attached hydrogen (secondary N) is 2. The number of amides is 2. The van der Waals surface area contributed by atoms with Crippen molar-refractivity contribution in [2.24, 2.45) is 0 Å². The van der Waals surface area contributed by atoms with Gasteiger partial charge in [0.1, 0.15) is 0 Å². The van der Waals surface area contributed by atoms with Crippen LogP contribution in [0.3, 0.4) is 0 Å². The third kappa shape index (κ3) is 5.16. The average molecular weight is 380 g/mol. The highest BCUT2D eigenvalue weighted by molar-refractivity contribution is 5.95. The summed E-state index contributed by atoms with van der Waals surface area (Å²) in [6, 6.07) is 11.8. The fourth-order valence-corrected chi connectivity index (χ4v) is 3.53. The number of aromatic nitrogens is 1. The summed E-state index contributed by atoms with van der Waals surface area (Å²) in [6.45, 7) is 5.87. The number of rotatable bonds is 5. The Morgan fingerprint density at radius 3 is 2.57 bits per heavy atom. The Morgan fingerprint density at radius 2 is 1.93 bits per heavy atom. The van der Waals surface area contributed by atoms with Gasteiger partial charge in [0.2, 0.25) is 5.91 Å². The van der Waals surface area contributed by atoms with Gasteiger partial charge >= 0.3 is 0 Å². The molecule has 2 aromatic rings. The Bertz CT molecular complexity index is 848. The summed E-state index contributed by atoms with van der Waals surface area (Å²) in [5, 5.41) is 5.93. The van der Waals surface area contributed by atoms with E-state index in [-0.39, 0.29) is 17.9 Å². The molecule has 1 fully saturated rings. The molecule has 1 aliphatic heterocycles. The van der Waals surface area contributed by atoms with Crippen LogP contribution >= 0.6 is 0 Å². The number of carbonyl (C=O) groups is 2. The number of benzene rings is 1. The van der Waals surface area contributed by atoms with Gasteiger partial charge in [-0.05, 0) is 51.1 Å². The van der Waals surface area contributed by atoms with Gasteiger partial charge in [-0.25, -0.2) is 0 Å². The number of nitrogens with zero attached hydrogens (tertiary/aromatic N) is 2. The van der Waals surface area contributed by atoms with Crippen molar-refractivity contribution < 1.29 is 9.59 Å². The highest BCUT2D eigenvalue weighted by Crippen LogP contribution is 2.20. The molecule has 2 amide bonds. The monoisotopic (exact) mass is 380 g/mol. The van der Waals surface area contributed by atoms with E-state index in [1.165, 1.54) is 6.92 Å². The van der Waals surface area contributed by atoms with E-state index in [9.17, 15) is 9.59 Å². The van der Waals surface area contributed by atoms with Gasteiger partial charge in [0.15, 0.2) is 0 Å². The summed E-state index contributed by atoms with van der Waals surface area (Å²) >= 11 is 0. The summed E-state index contributed by atoms with van der Waals surface area (Å²) in [4.78, 5) is 30.6. The fraction of sp³-hybridized carbons (Fsp3) is 0.409. The molecule has 2 heterocycles. The molecule has 0 radical (unpaired) electrons. The van der Waals surface area contributed by atoms with E-state index in [0.717, 1.165) is 48.4 Å². The van der Waals surface area contributed by atoms with Crippen molar-refractivity contribution >= 4 is 11.8 Å². The van der Waals surface area contributed by atoms with Gasteiger partial charge < -0.3 is 15.5 Å². The van der Waals surface area contributed by atoms with Crippen LogP contribution < -0.4 is 10.6 Å². The van der Waals surface area contributed by atoms with Gasteiger partial charge in [0.25, 0.3) is 5.91 Å². The average Bonchev–Trinajstić information content (AvgIpc) is 2.66. The van der Waals surface area contributed by atoms with Gasteiger partial charge in [-0.3, -0.25) is 14.6 Å². The Kier molecular flexibility index (Phi) is 6.41. The first-order valence-corrected chi connectivity index (χ1v) is 9.73. The summed E-state index contributed by atoms with van der Waals surface area (Å²) in [5.74, 6) is -0.0994. The van der Waals surface area contributed by atoms with Crippen molar-refractivity contribution in [2.75, 3.05) is 20.1 Å². The number of carbonyl (C=O) groups excluding carboxylic acids is 2. The highest BCUT2D eigenvalue weighted by Gasteiger charge is 2.20. The van der Waals surface area contributed by atoms with Crippen LogP contribution in [0, 0.1) is 6.92 Å². The first-order valence-electron chi connectivity index (χ1n) is 9.73. The number of hydrogen-bond acceptors (Lipinski definition) is 4. The zero-order chi connectivity index (χ0) is 20.1. The van der Waals surface area contributed by atoms with Crippen LogP contribution in [0.5, 0.6) is 0 Å². The van der Waals surface area contributed by atoms with Crippen molar-refractivity contribution in [3.63, 3.8) is 0 Å². The summed E-state index contributed by atoms with van der Waals surface area (Å²) in [5.41, 5.74) is 4.19. The maximum Gasteiger partial charge on any atom is 0.253 e. The van der Waals surface area contributed by atoms with Crippen LogP contribution in [0.25, 0.3) is 11.3 Å². The van der Waals surface area contributed by atoms with Crippen molar-refractivity contribution in [1.29, 1.82) is 0 Å². The molecular weight excluding hydrogens is 352 g/mol. The molecule has 0 bridgehead atoms. The lowest BCUT2D eigenvalue weighted by Crippen LogP contribution is -2.46. The molecule has 1 atom stereocenters. The van der Waals surface area contributed by atoms with Crippen LogP contribution in [-0.4, -0.2) is 47.9 Å². The van der Waals surface area contributed by atoms with Crippen molar-refractivity contribution in [1.82, 2.24) is 20.5 Å². The van der Waals surface area contributed by atoms with Gasteiger partial charge in [-0.1, -0.05) is 24.3 Å². The summed E-state index contributed by atoms with van der Waals surface area (Å²) < 4.78 is 0. The minimum atomic E-state index is -0.0532. The normalized spacial score (nSPS) is 17.2. The lowest BCUT2D eigenvalue weighted by Gasteiger charge is -2.30. The summed E-state index contributed by atoms with van der Waals surface area (Å²) in [7, 11) is 2.08. The zero-order valence-electron chi connectivity index (χ0n) is 16.8. The van der Waals surface area contributed by atoms with Crippen LogP contribution in [-0.2, 0) is 11.3 Å². The van der Waals surface area contributed by atoms with E-state index in [1.807, 2.05) is 43.3 Å². The van der Waals surface area contributed by atoms with E-state index >= 15 is 0 Å². The van der Waals surface area contributed by atoms with Gasteiger partial charge in [0.05, 0.1) is 17.0 Å². The Morgan fingerprint density at radius 1 is 1.18 bits per heavy atom. The predicted octanol–water partition coefficient (Wildman–Crippen LogP) is 2.52. The smallest absolute Gasteiger partial charge is 0.253 e. The third-order valence-corrected chi connectivity index (χ3v) is 5.08. The molecule has 148 valence electrons. The molecule has 1 aromatic heterocycles. The molecule has 6 heteroatoms. The first kappa shape index (κ1) is 20.0. The van der Waals surface area contributed by atoms with Gasteiger partial charge in [0, 0.05) is 31.6 Å². The highest BCUT2D eigenvalue weighted by atomic mass is 16.2. The predicted molar refractivity (Wildman–Crippen MR) is 110 cm³/mol. The second kappa shape index (κ2) is 8.97. The standard InChI is InChI=1S/C22H28N4O2/c1-15-20(22(28)25-19-5-4-12-26(3)14-19)10-11-21(24-15)18-8-6-17(7-9-18)13-23-16(2)27/h6-11,19H,4-5,12-14H2,1-3H3,(H,23,27)(H,25,28)/t19-/m1/s1. The number of hydrogen-bond donors (Lipinski definition) is 2. The second-order valence-corrected chi connectivity index (χ2v) is 7.51. The molecule has 3 rings (SSSR count). The molecule has 0 aliphatic carbocycles. The molecule has 28 heavy (non-hydrogen) atoms. The molecule has 6 nitrogen and oxygen atoms in total. The van der Waals surface area contributed by atoms with Crippen LogP contribution in [0.15, 0.2) is 36.4 Å². The maximum absolute atomic E-state index is 12.7. The Hall–Kier alpha value is -2.73. The quantitative estimate of drug-likeness (QED) is 0.836. The molecule has 1 aliphatic rings. The molecule has 0 spiro atoms. The maximum atomic E-state index is 12.7. The minimum absolute atomic E-state index is 0.0462. The Balaban J connectivity index is 1.67. The second-order valence-electron chi connectivity index (χ2n) is 7.51. The Labute approximate surface area is 166 Å². The number of likely N-dealkylation sites (tertiary alicyclic amines) is 1. The van der Waals surface area contributed by atoms with Crippen molar-refractivity contribution in [3.05, 3.63) is 53.2 Å². The van der Waals surface area contributed by atoms with Crippen molar-refractivity contribution in [2.45, 2.75) is 39.3 Å². The third-order valence-electron chi connectivity index (χ3n) is 5.08. The lowest BCUT2D eigenvalue weighted by molar-refractivity contribution is -0.119. The van der Waals surface area contributed by atoms with Crippen LogP contribution in [0.2, 0.25) is 0 Å². The fourth-order valence-electron chi connectivity index (χ4n) is 3.53. The van der Waals surface area contributed by atoms with E-state index in [0.29, 0.717) is 12.1 Å². The van der Waals surface area contributed by atoms with E-state index in [4.69, 9.17) is 0 Å². The molecule has 0 unspecified atom stereocenters. The number of pyridine rings is 1. The number of piperidine rings is 1. The molecule has 1 saturated heterocycles. The molecule has 0 saturated carbocycles. The number of likely N-dealkylation sites (N-methyl/N-ethyl adjacent to an activating group) is 1. The zero-order valence-corrected chi connectivity index (χ0v) is 16.8. The van der Waals surface area contributed by atoms with Crippen LogP contribution in [0.4, 0.5) is 0 Å². The van der Waals surface area contributed by atoms with Crippen LogP contribution in [0.1, 0.15) is 41.4 Å². The molecule has 1 aromatic carbocycles. The number of aryl methyl sites for hydroxylation is 1. The SMILES string of the molecule is CC(=O)NCc1ccc(-c2ccc(C(=O)N[C@@H]3CCCN(C)C3)c(C)n2)cc1.